The van der Waals surface area contributed by atoms with Crippen molar-refractivity contribution in [2.45, 2.75) is 6.54 Å². The molecule has 0 aliphatic heterocycles. The van der Waals surface area contributed by atoms with Crippen molar-refractivity contribution < 1.29 is 9.15 Å². The Morgan fingerprint density at radius 3 is 2.74 bits per heavy atom. The fourth-order valence-corrected chi connectivity index (χ4v) is 2.67. The summed E-state index contributed by atoms with van der Waals surface area (Å²) in [6, 6.07) is 11.6. The van der Waals surface area contributed by atoms with Crippen molar-refractivity contribution in [1.82, 2.24) is 24.7 Å². The Morgan fingerprint density at radius 1 is 1.15 bits per heavy atom. The lowest BCUT2D eigenvalue weighted by Gasteiger charge is -2.10. The Labute approximate surface area is 155 Å². The molecule has 0 radical (unpaired) electrons. The van der Waals surface area contributed by atoms with Gasteiger partial charge in [-0.15, -0.1) is 0 Å². The van der Waals surface area contributed by atoms with Crippen molar-refractivity contribution in [2.24, 2.45) is 7.05 Å². The summed E-state index contributed by atoms with van der Waals surface area (Å²) < 4.78 is 12.7. The first kappa shape index (κ1) is 16.8. The van der Waals surface area contributed by atoms with E-state index >= 15 is 0 Å². The number of aryl methyl sites for hydroxylation is 1. The lowest BCUT2D eigenvalue weighted by molar-refractivity contribution is 0.412. The van der Waals surface area contributed by atoms with Gasteiger partial charge >= 0.3 is 0 Å². The third-order valence-corrected chi connectivity index (χ3v) is 4.04. The van der Waals surface area contributed by atoms with E-state index in [2.05, 4.69) is 25.4 Å². The van der Waals surface area contributed by atoms with Gasteiger partial charge in [0.15, 0.2) is 5.75 Å². The minimum absolute atomic E-state index is 0.438. The number of methoxy groups -OCH3 is 1. The molecule has 8 heteroatoms. The summed E-state index contributed by atoms with van der Waals surface area (Å²) in [5.41, 5.74) is 3.20. The maximum Gasteiger partial charge on any atom is 0.226 e. The van der Waals surface area contributed by atoms with Crippen LogP contribution in [0, 0.1) is 0 Å². The second kappa shape index (κ2) is 7.28. The summed E-state index contributed by atoms with van der Waals surface area (Å²) >= 11 is 0. The predicted octanol–water partition coefficient (Wildman–Crippen LogP) is 3.15. The van der Waals surface area contributed by atoms with Crippen molar-refractivity contribution in [3.63, 3.8) is 0 Å². The van der Waals surface area contributed by atoms with E-state index in [4.69, 9.17) is 9.15 Å². The van der Waals surface area contributed by atoms with E-state index in [9.17, 15) is 0 Å². The molecule has 0 bridgehead atoms. The van der Waals surface area contributed by atoms with Gasteiger partial charge in [0.05, 0.1) is 31.2 Å². The molecular formula is C19H18N6O2. The zero-order chi connectivity index (χ0) is 18.6. The molecule has 3 aromatic heterocycles. The summed E-state index contributed by atoms with van der Waals surface area (Å²) in [5.74, 6) is 1.63. The number of hydrogen-bond acceptors (Lipinski definition) is 7. The maximum absolute atomic E-state index is 5.55. The third kappa shape index (κ3) is 3.50. The lowest BCUT2D eigenvalue weighted by Crippen LogP contribution is -2.06. The molecule has 0 spiro atoms. The number of rotatable bonds is 6. The lowest BCUT2D eigenvalue weighted by atomic mass is 10.2. The molecule has 136 valence electrons. The van der Waals surface area contributed by atoms with Crippen LogP contribution in [0.3, 0.4) is 0 Å². The van der Waals surface area contributed by atoms with Gasteiger partial charge in [-0.2, -0.15) is 5.10 Å². The molecule has 0 unspecified atom stereocenters. The van der Waals surface area contributed by atoms with Crippen LogP contribution in [-0.2, 0) is 13.6 Å². The molecule has 0 aliphatic carbocycles. The van der Waals surface area contributed by atoms with E-state index in [1.807, 2.05) is 43.4 Å². The molecule has 1 N–H and O–H groups in total. The van der Waals surface area contributed by atoms with Crippen molar-refractivity contribution in [2.75, 3.05) is 12.4 Å². The molecule has 0 amide bonds. The standard InChI is InChI=1S/C19H18N6O2/c1-25-15(8-9-22-25)17-16(26-2)11-21-19(24-17)20-10-14-12-27-18(23-14)13-6-4-3-5-7-13/h3-9,11-12H,10H2,1-2H3,(H,20,21,24). The second-order valence-electron chi connectivity index (χ2n) is 5.81. The average Bonchev–Trinajstić information content (AvgIpc) is 3.36. The van der Waals surface area contributed by atoms with E-state index in [0.29, 0.717) is 29.8 Å². The van der Waals surface area contributed by atoms with Crippen LogP contribution in [0.15, 0.2) is 59.5 Å². The van der Waals surface area contributed by atoms with E-state index in [-0.39, 0.29) is 0 Å². The van der Waals surface area contributed by atoms with Crippen LogP contribution in [0.25, 0.3) is 22.8 Å². The first-order valence-electron chi connectivity index (χ1n) is 8.37. The molecule has 0 fully saturated rings. The van der Waals surface area contributed by atoms with Crippen LogP contribution in [0.2, 0.25) is 0 Å². The molecule has 0 aliphatic rings. The summed E-state index contributed by atoms with van der Waals surface area (Å²) in [5, 5.41) is 7.35. The van der Waals surface area contributed by atoms with Crippen molar-refractivity contribution >= 4 is 5.95 Å². The topological polar surface area (TPSA) is 90.9 Å². The number of benzene rings is 1. The zero-order valence-corrected chi connectivity index (χ0v) is 15.0. The predicted molar refractivity (Wildman–Crippen MR) is 100 cm³/mol. The second-order valence-corrected chi connectivity index (χ2v) is 5.81. The van der Waals surface area contributed by atoms with Gasteiger partial charge in [0.1, 0.15) is 12.0 Å². The van der Waals surface area contributed by atoms with Gasteiger partial charge in [0.25, 0.3) is 0 Å². The van der Waals surface area contributed by atoms with Crippen molar-refractivity contribution in [1.29, 1.82) is 0 Å². The fourth-order valence-electron chi connectivity index (χ4n) is 2.67. The van der Waals surface area contributed by atoms with Crippen LogP contribution >= 0.6 is 0 Å². The van der Waals surface area contributed by atoms with Gasteiger partial charge < -0.3 is 14.5 Å². The van der Waals surface area contributed by atoms with Gasteiger partial charge in [-0.05, 0) is 18.2 Å². The van der Waals surface area contributed by atoms with Gasteiger partial charge in [0, 0.05) is 18.8 Å². The highest BCUT2D eigenvalue weighted by Crippen LogP contribution is 2.27. The van der Waals surface area contributed by atoms with Crippen molar-refractivity contribution in [3.05, 3.63) is 60.7 Å². The molecular weight excluding hydrogens is 344 g/mol. The summed E-state index contributed by atoms with van der Waals surface area (Å²) in [7, 11) is 3.44. The van der Waals surface area contributed by atoms with Crippen LogP contribution in [0.5, 0.6) is 5.75 Å². The van der Waals surface area contributed by atoms with E-state index in [0.717, 1.165) is 17.0 Å². The maximum atomic E-state index is 5.55. The quantitative estimate of drug-likeness (QED) is 0.563. The first-order valence-corrected chi connectivity index (χ1v) is 8.37. The molecule has 4 aromatic rings. The number of aromatic nitrogens is 5. The van der Waals surface area contributed by atoms with E-state index in [1.165, 1.54) is 0 Å². The zero-order valence-electron chi connectivity index (χ0n) is 15.0. The largest absolute Gasteiger partial charge is 0.493 e. The van der Waals surface area contributed by atoms with Gasteiger partial charge in [0.2, 0.25) is 11.8 Å². The van der Waals surface area contributed by atoms with Crippen LogP contribution < -0.4 is 10.1 Å². The highest BCUT2D eigenvalue weighted by molar-refractivity contribution is 5.63. The Hall–Kier alpha value is -3.68. The average molecular weight is 362 g/mol. The SMILES string of the molecule is COc1cnc(NCc2coc(-c3ccccc3)n2)nc1-c1ccnn1C. The molecule has 8 nitrogen and oxygen atoms in total. The summed E-state index contributed by atoms with van der Waals surface area (Å²) in [6.45, 7) is 0.438. The van der Waals surface area contributed by atoms with Crippen molar-refractivity contribution in [3.8, 4) is 28.6 Å². The number of hydrogen-bond donors (Lipinski definition) is 1. The molecule has 0 saturated heterocycles. The highest BCUT2D eigenvalue weighted by Gasteiger charge is 2.14. The summed E-state index contributed by atoms with van der Waals surface area (Å²) in [4.78, 5) is 13.3. The summed E-state index contributed by atoms with van der Waals surface area (Å²) in [6.07, 6.45) is 4.97. The van der Waals surface area contributed by atoms with Crippen LogP contribution in [-0.4, -0.2) is 31.8 Å². The smallest absolute Gasteiger partial charge is 0.226 e. The highest BCUT2D eigenvalue weighted by atomic mass is 16.5. The minimum Gasteiger partial charge on any atom is -0.493 e. The molecule has 27 heavy (non-hydrogen) atoms. The van der Waals surface area contributed by atoms with Gasteiger partial charge in [-0.1, -0.05) is 18.2 Å². The Bertz CT molecular complexity index is 1040. The molecule has 1 aromatic carbocycles. The normalized spacial score (nSPS) is 10.7. The third-order valence-electron chi connectivity index (χ3n) is 4.04. The first-order chi connectivity index (χ1) is 13.2. The van der Waals surface area contributed by atoms with Crippen LogP contribution in [0.4, 0.5) is 5.95 Å². The van der Waals surface area contributed by atoms with E-state index < -0.39 is 0 Å². The molecule has 3 heterocycles. The van der Waals surface area contributed by atoms with Gasteiger partial charge in [-0.3, -0.25) is 4.68 Å². The number of oxazole rings is 1. The molecule has 0 atom stereocenters. The van der Waals surface area contributed by atoms with E-state index in [1.54, 1.807) is 30.4 Å². The minimum atomic E-state index is 0.438. The molecule has 0 saturated carbocycles. The molecule has 4 rings (SSSR count). The number of anilines is 1. The fraction of sp³-hybridized carbons (Fsp3) is 0.158. The number of nitrogens with one attached hydrogen (secondary N) is 1. The Kier molecular flexibility index (Phi) is 4.52. The monoisotopic (exact) mass is 362 g/mol. The Balaban J connectivity index is 1.52. The van der Waals surface area contributed by atoms with Gasteiger partial charge in [-0.25, -0.2) is 15.0 Å². The Morgan fingerprint density at radius 2 is 2.00 bits per heavy atom. The van der Waals surface area contributed by atoms with Crippen LogP contribution in [0.1, 0.15) is 5.69 Å². The number of ether oxygens (including phenoxy) is 1. The number of nitrogens with zero attached hydrogens (tertiary/aromatic N) is 5.